The number of fused-ring (bicyclic) bond motifs is 1. The topological polar surface area (TPSA) is 57.7 Å². The lowest BCUT2D eigenvalue weighted by atomic mass is 10.1. The molecule has 7 heteroatoms. The molecule has 0 spiro atoms. The van der Waals surface area contributed by atoms with Crippen molar-refractivity contribution in [2.45, 2.75) is 19.9 Å². The predicted molar refractivity (Wildman–Crippen MR) is 78.0 cm³/mol. The molecule has 2 rings (SSSR count). The SMILES string of the molecule is CC(C)N1C(=O)c2ccccc2N(CI)S1(=O)=O. The number of carbonyl (C=O) groups is 1. The largest absolute Gasteiger partial charge is 0.329 e. The Morgan fingerprint density at radius 2 is 1.89 bits per heavy atom. The van der Waals surface area contributed by atoms with E-state index in [1.807, 2.05) is 22.6 Å². The fourth-order valence-corrected chi connectivity index (χ4v) is 4.96. The molecule has 0 N–H and O–H groups in total. The first-order chi connectivity index (χ1) is 8.41. The summed E-state index contributed by atoms with van der Waals surface area (Å²) in [4.78, 5) is 12.3. The van der Waals surface area contributed by atoms with Gasteiger partial charge in [0.05, 0.1) is 15.8 Å². The second-order valence-corrected chi connectivity index (χ2v) is 6.60. The van der Waals surface area contributed by atoms with E-state index in [0.29, 0.717) is 11.3 Å². The number of benzene rings is 1. The van der Waals surface area contributed by atoms with Crippen LogP contribution in [0, 0.1) is 0 Å². The number of para-hydroxylation sites is 1. The molecule has 1 aliphatic heterocycles. The standard InChI is InChI=1S/C11H13IN2O3S/c1-8(2)14-11(15)9-5-3-4-6-10(9)13(7-12)18(14,16)17/h3-6,8H,7H2,1-2H3. The smallest absolute Gasteiger partial charge is 0.268 e. The van der Waals surface area contributed by atoms with Crippen molar-refractivity contribution in [1.82, 2.24) is 4.31 Å². The van der Waals surface area contributed by atoms with Crippen LogP contribution in [0.25, 0.3) is 0 Å². The average Bonchev–Trinajstić information content (AvgIpc) is 2.28. The van der Waals surface area contributed by atoms with E-state index in [1.165, 1.54) is 4.31 Å². The molecule has 0 radical (unpaired) electrons. The Labute approximate surface area is 120 Å². The highest BCUT2D eigenvalue weighted by atomic mass is 127. The number of hydrogen-bond donors (Lipinski definition) is 0. The number of alkyl halides is 1. The molecule has 0 unspecified atom stereocenters. The Morgan fingerprint density at radius 1 is 1.28 bits per heavy atom. The Balaban J connectivity index is 2.71. The van der Waals surface area contributed by atoms with Gasteiger partial charge in [-0.25, -0.2) is 8.61 Å². The summed E-state index contributed by atoms with van der Waals surface area (Å²) in [6, 6.07) is 6.37. The molecule has 0 fully saturated rings. The second kappa shape index (κ2) is 4.69. The van der Waals surface area contributed by atoms with E-state index in [9.17, 15) is 13.2 Å². The van der Waals surface area contributed by atoms with Gasteiger partial charge in [0.15, 0.2) is 0 Å². The molecule has 1 aromatic rings. The maximum atomic E-state index is 12.4. The zero-order chi connectivity index (χ0) is 13.5. The number of rotatable bonds is 2. The zero-order valence-corrected chi connectivity index (χ0v) is 13.0. The minimum atomic E-state index is -3.77. The van der Waals surface area contributed by atoms with E-state index in [0.717, 1.165) is 4.31 Å². The van der Waals surface area contributed by atoms with Crippen LogP contribution in [0.1, 0.15) is 24.2 Å². The summed E-state index contributed by atoms with van der Waals surface area (Å²) in [6.45, 7) is 3.38. The van der Waals surface area contributed by atoms with Gasteiger partial charge in [-0.3, -0.25) is 4.79 Å². The Kier molecular flexibility index (Phi) is 3.54. The number of nitrogens with zero attached hydrogens (tertiary/aromatic N) is 2. The lowest BCUT2D eigenvalue weighted by Gasteiger charge is -2.37. The summed E-state index contributed by atoms with van der Waals surface area (Å²) in [5, 5.41) is 0. The van der Waals surface area contributed by atoms with Gasteiger partial charge >= 0.3 is 10.2 Å². The summed E-state index contributed by atoms with van der Waals surface area (Å²) >= 11 is 1.98. The number of anilines is 1. The molecule has 98 valence electrons. The lowest BCUT2D eigenvalue weighted by molar-refractivity contribution is 0.0831. The third kappa shape index (κ3) is 1.89. The molecule has 0 bridgehead atoms. The summed E-state index contributed by atoms with van der Waals surface area (Å²) < 4.78 is 27.2. The molecule has 1 heterocycles. The first kappa shape index (κ1) is 13.6. The molecule has 0 saturated carbocycles. The monoisotopic (exact) mass is 380 g/mol. The van der Waals surface area contributed by atoms with Crippen LogP contribution in [-0.4, -0.2) is 29.2 Å². The Morgan fingerprint density at radius 3 is 2.44 bits per heavy atom. The van der Waals surface area contributed by atoms with Gasteiger partial charge in [0.25, 0.3) is 5.91 Å². The number of hydrogen-bond acceptors (Lipinski definition) is 3. The lowest BCUT2D eigenvalue weighted by Crippen LogP contribution is -2.53. The average molecular weight is 380 g/mol. The van der Waals surface area contributed by atoms with Crippen molar-refractivity contribution in [3.8, 4) is 0 Å². The highest BCUT2D eigenvalue weighted by Crippen LogP contribution is 2.33. The Hall–Kier alpha value is -0.830. The van der Waals surface area contributed by atoms with E-state index in [2.05, 4.69) is 0 Å². The fourth-order valence-electron chi connectivity index (χ4n) is 1.95. The number of halogens is 1. The molecule has 0 aromatic heterocycles. The molecule has 0 saturated heterocycles. The van der Waals surface area contributed by atoms with Gasteiger partial charge in [-0.15, -0.1) is 0 Å². The number of amides is 1. The van der Waals surface area contributed by atoms with Gasteiger partial charge in [0.2, 0.25) is 0 Å². The van der Waals surface area contributed by atoms with Crippen LogP contribution < -0.4 is 4.31 Å². The van der Waals surface area contributed by atoms with E-state index in [-0.39, 0.29) is 4.55 Å². The minimum Gasteiger partial charge on any atom is -0.268 e. The van der Waals surface area contributed by atoms with Crippen LogP contribution in [-0.2, 0) is 10.2 Å². The summed E-state index contributed by atoms with van der Waals surface area (Å²) in [5.74, 6) is -0.457. The molecule has 0 aliphatic carbocycles. The van der Waals surface area contributed by atoms with Crippen molar-refractivity contribution >= 4 is 44.4 Å². The molecule has 1 aliphatic rings. The molecule has 5 nitrogen and oxygen atoms in total. The van der Waals surface area contributed by atoms with Crippen molar-refractivity contribution in [2.75, 3.05) is 8.86 Å². The minimum absolute atomic E-state index is 0.271. The maximum Gasteiger partial charge on any atom is 0.329 e. The summed E-state index contributed by atoms with van der Waals surface area (Å²) in [6.07, 6.45) is 0. The van der Waals surface area contributed by atoms with Crippen molar-refractivity contribution < 1.29 is 13.2 Å². The molecule has 1 aromatic carbocycles. The third-order valence-electron chi connectivity index (χ3n) is 2.71. The summed E-state index contributed by atoms with van der Waals surface area (Å²) in [5.41, 5.74) is 0.881. The maximum absolute atomic E-state index is 12.4. The van der Waals surface area contributed by atoms with Gasteiger partial charge in [-0.2, -0.15) is 8.42 Å². The fraction of sp³-hybridized carbons (Fsp3) is 0.364. The zero-order valence-electron chi connectivity index (χ0n) is 10.00. The predicted octanol–water partition coefficient (Wildman–Crippen LogP) is 1.99. The van der Waals surface area contributed by atoms with E-state index in [4.69, 9.17) is 0 Å². The molecule has 18 heavy (non-hydrogen) atoms. The molecular formula is C11H13IN2O3S. The van der Waals surface area contributed by atoms with Crippen LogP contribution in [0.5, 0.6) is 0 Å². The van der Waals surface area contributed by atoms with Crippen molar-refractivity contribution in [1.29, 1.82) is 0 Å². The van der Waals surface area contributed by atoms with Crippen molar-refractivity contribution in [3.63, 3.8) is 0 Å². The normalized spacial score (nSPS) is 18.1. The second-order valence-electron chi connectivity index (χ2n) is 4.19. The van der Waals surface area contributed by atoms with Gasteiger partial charge in [-0.1, -0.05) is 34.7 Å². The number of carbonyl (C=O) groups excluding carboxylic acids is 1. The van der Waals surface area contributed by atoms with Gasteiger partial charge in [0, 0.05) is 6.04 Å². The van der Waals surface area contributed by atoms with Crippen molar-refractivity contribution in [2.24, 2.45) is 0 Å². The highest BCUT2D eigenvalue weighted by molar-refractivity contribution is 14.1. The van der Waals surface area contributed by atoms with Gasteiger partial charge in [0.1, 0.15) is 0 Å². The van der Waals surface area contributed by atoms with Crippen LogP contribution in [0.3, 0.4) is 0 Å². The van der Waals surface area contributed by atoms with Crippen molar-refractivity contribution in [3.05, 3.63) is 29.8 Å². The van der Waals surface area contributed by atoms with Crippen LogP contribution in [0.4, 0.5) is 5.69 Å². The highest BCUT2D eigenvalue weighted by Gasteiger charge is 2.42. The summed E-state index contributed by atoms with van der Waals surface area (Å²) in [7, 11) is -3.77. The van der Waals surface area contributed by atoms with E-state index >= 15 is 0 Å². The third-order valence-corrected chi connectivity index (χ3v) is 5.82. The first-order valence-corrected chi connectivity index (χ1v) is 8.35. The van der Waals surface area contributed by atoms with Crippen LogP contribution >= 0.6 is 22.6 Å². The van der Waals surface area contributed by atoms with Crippen LogP contribution in [0.15, 0.2) is 24.3 Å². The van der Waals surface area contributed by atoms with Gasteiger partial charge in [-0.05, 0) is 26.0 Å². The Bertz CT molecular complexity index is 586. The molecule has 0 atom stereocenters. The first-order valence-electron chi connectivity index (χ1n) is 5.42. The van der Waals surface area contributed by atoms with Gasteiger partial charge < -0.3 is 0 Å². The quantitative estimate of drug-likeness (QED) is 0.448. The molecular weight excluding hydrogens is 367 g/mol. The van der Waals surface area contributed by atoms with E-state index < -0.39 is 22.2 Å². The van der Waals surface area contributed by atoms with Crippen LogP contribution in [0.2, 0.25) is 0 Å². The van der Waals surface area contributed by atoms with E-state index in [1.54, 1.807) is 38.1 Å². The molecule has 1 amide bonds.